The molecular formula is C16H26N2O2. The van der Waals surface area contributed by atoms with Gasteiger partial charge in [-0.15, -0.1) is 0 Å². The lowest BCUT2D eigenvalue weighted by Gasteiger charge is -2.44. The first kappa shape index (κ1) is 13.9. The van der Waals surface area contributed by atoms with E-state index >= 15 is 0 Å². The van der Waals surface area contributed by atoms with Crippen LogP contribution >= 0.6 is 0 Å². The van der Waals surface area contributed by atoms with Gasteiger partial charge in [0.25, 0.3) is 0 Å². The zero-order valence-electron chi connectivity index (χ0n) is 12.8. The van der Waals surface area contributed by atoms with E-state index in [2.05, 4.69) is 19.2 Å². The van der Waals surface area contributed by atoms with Gasteiger partial charge in [-0.05, 0) is 50.4 Å². The Morgan fingerprint density at radius 3 is 2.50 bits per heavy atom. The van der Waals surface area contributed by atoms with E-state index in [0.29, 0.717) is 17.8 Å². The summed E-state index contributed by atoms with van der Waals surface area (Å²) in [6, 6.07) is 0.261. The van der Waals surface area contributed by atoms with Crippen molar-refractivity contribution in [2.24, 2.45) is 17.8 Å². The highest BCUT2D eigenvalue weighted by molar-refractivity contribution is 5.98. The van der Waals surface area contributed by atoms with E-state index in [0.717, 1.165) is 19.3 Å². The van der Waals surface area contributed by atoms with Crippen molar-refractivity contribution in [2.75, 3.05) is 6.54 Å². The highest BCUT2D eigenvalue weighted by Crippen LogP contribution is 2.44. The van der Waals surface area contributed by atoms with Crippen LogP contribution < -0.4 is 5.32 Å². The Hall–Kier alpha value is -1.06. The van der Waals surface area contributed by atoms with E-state index < -0.39 is 5.54 Å². The lowest BCUT2D eigenvalue weighted by molar-refractivity contribution is -0.153. The molecule has 4 heteroatoms. The number of amides is 2. The van der Waals surface area contributed by atoms with Gasteiger partial charge in [-0.1, -0.05) is 20.3 Å². The maximum Gasteiger partial charge on any atom is 0.249 e. The summed E-state index contributed by atoms with van der Waals surface area (Å²) in [5.74, 6) is 1.74. The summed E-state index contributed by atoms with van der Waals surface area (Å²) in [5.41, 5.74) is -0.640. The fourth-order valence-electron chi connectivity index (χ4n) is 4.35. The SMILES string of the molecule is CCC1CCC(N2CC(=O)NC(C)(C3CC3)C2=O)C1C. The van der Waals surface area contributed by atoms with E-state index in [4.69, 9.17) is 0 Å². The van der Waals surface area contributed by atoms with Gasteiger partial charge in [0.2, 0.25) is 11.8 Å². The molecule has 0 aromatic carbocycles. The molecular weight excluding hydrogens is 252 g/mol. The van der Waals surface area contributed by atoms with Gasteiger partial charge in [0.05, 0.1) is 6.54 Å². The van der Waals surface area contributed by atoms with Crippen LogP contribution in [0, 0.1) is 17.8 Å². The van der Waals surface area contributed by atoms with Gasteiger partial charge in [0.1, 0.15) is 5.54 Å². The molecule has 3 rings (SSSR count). The van der Waals surface area contributed by atoms with E-state index in [1.165, 1.54) is 12.8 Å². The second-order valence-electron chi connectivity index (χ2n) is 7.13. The maximum atomic E-state index is 12.9. The van der Waals surface area contributed by atoms with Crippen molar-refractivity contribution >= 4 is 11.8 Å². The topological polar surface area (TPSA) is 49.4 Å². The minimum absolute atomic E-state index is 0.0196. The Bertz CT molecular complexity index is 432. The first-order chi connectivity index (χ1) is 9.47. The van der Waals surface area contributed by atoms with Crippen LogP contribution in [0.4, 0.5) is 0 Å². The van der Waals surface area contributed by atoms with Crippen LogP contribution in [0.15, 0.2) is 0 Å². The molecule has 4 nitrogen and oxygen atoms in total. The zero-order valence-corrected chi connectivity index (χ0v) is 12.8. The summed E-state index contributed by atoms with van der Waals surface area (Å²) >= 11 is 0. The van der Waals surface area contributed by atoms with Crippen LogP contribution in [0.3, 0.4) is 0 Å². The molecule has 4 atom stereocenters. The van der Waals surface area contributed by atoms with Gasteiger partial charge in [0, 0.05) is 6.04 Å². The fraction of sp³-hybridized carbons (Fsp3) is 0.875. The van der Waals surface area contributed by atoms with E-state index in [-0.39, 0.29) is 24.4 Å². The first-order valence-corrected chi connectivity index (χ1v) is 8.09. The predicted octanol–water partition coefficient (Wildman–Crippen LogP) is 1.94. The standard InChI is InChI=1S/C16H26N2O2/c1-4-11-5-8-13(10(11)2)18-9-14(19)17-16(3,15(18)20)12-6-7-12/h10-13H,4-9H2,1-3H3,(H,17,19). The summed E-state index contributed by atoms with van der Waals surface area (Å²) in [5, 5.41) is 2.97. The van der Waals surface area contributed by atoms with Crippen LogP contribution in [0.1, 0.15) is 52.9 Å². The molecule has 2 aliphatic carbocycles. The van der Waals surface area contributed by atoms with Crippen molar-refractivity contribution in [3.63, 3.8) is 0 Å². The van der Waals surface area contributed by atoms with E-state index in [1.54, 1.807) is 0 Å². The third kappa shape index (κ3) is 2.04. The Morgan fingerprint density at radius 2 is 1.95 bits per heavy atom. The van der Waals surface area contributed by atoms with Crippen molar-refractivity contribution < 1.29 is 9.59 Å². The number of carbonyl (C=O) groups is 2. The van der Waals surface area contributed by atoms with Gasteiger partial charge in [-0.2, -0.15) is 0 Å². The molecule has 2 saturated carbocycles. The number of nitrogens with zero attached hydrogens (tertiary/aromatic N) is 1. The lowest BCUT2D eigenvalue weighted by Crippen LogP contribution is -2.68. The van der Waals surface area contributed by atoms with Crippen molar-refractivity contribution in [3.05, 3.63) is 0 Å². The maximum absolute atomic E-state index is 12.9. The Balaban J connectivity index is 1.82. The van der Waals surface area contributed by atoms with Crippen molar-refractivity contribution in [1.29, 1.82) is 0 Å². The number of hydrogen-bond acceptors (Lipinski definition) is 2. The molecule has 0 aromatic heterocycles. The molecule has 3 fully saturated rings. The number of hydrogen-bond donors (Lipinski definition) is 1. The summed E-state index contributed by atoms with van der Waals surface area (Å²) in [7, 11) is 0. The lowest BCUT2D eigenvalue weighted by atomic mass is 9.88. The molecule has 1 N–H and O–H groups in total. The van der Waals surface area contributed by atoms with Gasteiger partial charge in [-0.25, -0.2) is 0 Å². The molecule has 112 valence electrons. The van der Waals surface area contributed by atoms with Crippen molar-refractivity contribution in [2.45, 2.75) is 64.5 Å². The van der Waals surface area contributed by atoms with Crippen LogP contribution in [0.5, 0.6) is 0 Å². The summed E-state index contributed by atoms with van der Waals surface area (Å²) < 4.78 is 0. The molecule has 3 aliphatic rings. The third-order valence-electron chi connectivity index (χ3n) is 5.92. The normalized spacial score (nSPS) is 42.0. The molecule has 0 aromatic rings. The average Bonchev–Trinajstić information content (AvgIpc) is 3.19. The highest BCUT2D eigenvalue weighted by Gasteiger charge is 2.54. The van der Waals surface area contributed by atoms with Crippen LogP contribution in [-0.4, -0.2) is 34.8 Å². The molecule has 1 aliphatic heterocycles. The minimum Gasteiger partial charge on any atom is -0.340 e. The van der Waals surface area contributed by atoms with Crippen molar-refractivity contribution in [1.82, 2.24) is 10.2 Å². The third-order valence-corrected chi connectivity index (χ3v) is 5.92. The number of piperazine rings is 1. The monoisotopic (exact) mass is 278 g/mol. The molecule has 0 spiro atoms. The molecule has 2 amide bonds. The first-order valence-electron chi connectivity index (χ1n) is 8.09. The Morgan fingerprint density at radius 1 is 1.25 bits per heavy atom. The summed E-state index contributed by atoms with van der Waals surface area (Å²) in [4.78, 5) is 26.9. The van der Waals surface area contributed by atoms with Gasteiger partial charge in [0.15, 0.2) is 0 Å². The molecule has 1 saturated heterocycles. The molecule has 1 heterocycles. The van der Waals surface area contributed by atoms with Crippen LogP contribution in [0.25, 0.3) is 0 Å². The van der Waals surface area contributed by atoms with Gasteiger partial charge in [-0.3, -0.25) is 9.59 Å². The smallest absolute Gasteiger partial charge is 0.249 e. The fourth-order valence-corrected chi connectivity index (χ4v) is 4.35. The zero-order chi connectivity index (χ0) is 14.5. The average molecular weight is 278 g/mol. The van der Waals surface area contributed by atoms with Crippen LogP contribution in [0.2, 0.25) is 0 Å². The van der Waals surface area contributed by atoms with Gasteiger partial charge < -0.3 is 10.2 Å². The molecule has 4 unspecified atom stereocenters. The summed E-state index contributed by atoms with van der Waals surface area (Å²) in [6.07, 6.45) is 5.54. The Kier molecular flexibility index (Phi) is 3.30. The second kappa shape index (κ2) is 4.74. The molecule has 20 heavy (non-hydrogen) atoms. The highest BCUT2D eigenvalue weighted by atomic mass is 16.2. The number of nitrogens with one attached hydrogen (secondary N) is 1. The number of rotatable bonds is 3. The molecule has 0 radical (unpaired) electrons. The number of carbonyl (C=O) groups excluding carboxylic acids is 2. The van der Waals surface area contributed by atoms with E-state index in [9.17, 15) is 9.59 Å². The van der Waals surface area contributed by atoms with Gasteiger partial charge >= 0.3 is 0 Å². The predicted molar refractivity (Wildman–Crippen MR) is 77.0 cm³/mol. The largest absolute Gasteiger partial charge is 0.340 e. The quantitative estimate of drug-likeness (QED) is 0.857. The second-order valence-corrected chi connectivity index (χ2v) is 7.13. The minimum atomic E-state index is -0.640. The molecule has 0 bridgehead atoms. The van der Waals surface area contributed by atoms with Crippen molar-refractivity contribution in [3.8, 4) is 0 Å². The van der Waals surface area contributed by atoms with Crippen LogP contribution in [-0.2, 0) is 9.59 Å². The Labute approximate surface area is 121 Å². The van der Waals surface area contributed by atoms with E-state index in [1.807, 2.05) is 11.8 Å². The summed E-state index contributed by atoms with van der Waals surface area (Å²) in [6.45, 7) is 6.66.